The summed E-state index contributed by atoms with van der Waals surface area (Å²) in [6.45, 7) is 4.69. The quantitative estimate of drug-likeness (QED) is 0.678. The van der Waals surface area contributed by atoms with Crippen LogP contribution in [0.15, 0.2) is 18.2 Å². The summed E-state index contributed by atoms with van der Waals surface area (Å²) in [4.78, 5) is 0. The monoisotopic (exact) mass is 342 g/mol. The third kappa shape index (κ3) is 5.46. The third-order valence-electron chi connectivity index (χ3n) is 4.20. The van der Waals surface area contributed by atoms with Crippen molar-refractivity contribution in [2.75, 3.05) is 18.4 Å². The molecule has 6 heteroatoms. The number of alkyl halides is 1. The number of benzene rings is 1. The summed E-state index contributed by atoms with van der Waals surface area (Å²) >= 11 is 0. The van der Waals surface area contributed by atoms with Gasteiger partial charge in [-0.2, -0.15) is 0 Å². The minimum absolute atomic E-state index is 0.382. The number of sulfonamides is 1. The first-order chi connectivity index (χ1) is 10.9. The lowest BCUT2D eigenvalue weighted by atomic mass is 10.1. The molecule has 1 aromatic rings. The van der Waals surface area contributed by atoms with Gasteiger partial charge in [0.2, 0.25) is 10.0 Å². The van der Waals surface area contributed by atoms with Crippen molar-refractivity contribution in [3.63, 3.8) is 0 Å². The number of nitrogens with one attached hydrogen (secondary N) is 2. The van der Waals surface area contributed by atoms with Gasteiger partial charge in [0, 0.05) is 31.6 Å². The van der Waals surface area contributed by atoms with Gasteiger partial charge in [0.25, 0.3) is 0 Å². The second-order valence-electron chi connectivity index (χ2n) is 6.46. The topological polar surface area (TPSA) is 58.2 Å². The molecule has 0 spiro atoms. The molecule has 2 rings (SSSR count). The van der Waals surface area contributed by atoms with E-state index in [0.717, 1.165) is 42.6 Å². The van der Waals surface area contributed by atoms with E-state index in [0.29, 0.717) is 19.4 Å². The molecule has 0 aliphatic heterocycles. The number of hydrogen-bond acceptors (Lipinski definition) is 3. The van der Waals surface area contributed by atoms with Crippen molar-refractivity contribution >= 4 is 15.7 Å². The molecule has 0 bridgehead atoms. The van der Waals surface area contributed by atoms with E-state index in [1.165, 1.54) is 0 Å². The summed E-state index contributed by atoms with van der Waals surface area (Å²) in [6, 6.07) is 6.07. The summed E-state index contributed by atoms with van der Waals surface area (Å²) < 4.78 is 39.1. The van der Waals surface area contributed by atoms with Gasteiger partial charge < -0.3 is 5.32 Å². The first-order valence-electron chi connectivity index (χ1n) is 8.36. The van der Waals surface area contributed by atoms with E-state index in [4.69, 9.17) is 0 Å². The summed E-state index contributed by atoms with van der Waals surface area (Å²) in [5.74, 6) is 0. The Labute approximate surface area is 138 Å². The lowest BCUT2D eigenvalue weighted by molar-refractivity contribution is 0.349. The fraction of sp³-hybridized carbons (Fsp3) is 0.647. The molecule has 0 radical (unpaired) electrons. The molecule has 0 saturated heterocycles. The summed E-state index contributed by atoms with van der Waals surface area (Å²) in [7, 11) is -3.14. The molecule has 0 aromatic heterocycles. The summed E-state index contributed by atoms with van der Waals surface area (Å²) in [5.41, 5.74) is 3.28. The van der Waals surface area contributed by atoms with Crippen LogP contribution >= 0.6 is 0 Å². The van der Waals surface area contributed by atoms with Gasteiger partial charge in [-0.3, -0.25) is 0 Å². The van der Waals surface area contributed by atoms with Gasteiger partial charge in [0.05, 0.1) is 5.25 Å². The van der Waals surface area contributed by atoms with Gasteiger partial charge in [-0.15, -0.1) is 0 Å². The highest BCUT2D eigenvalue weighted by atomic mass is 32.2. The predicted octanol–water partition coefficient (Wildman–Crippen LogP) is 3.03. The summed E-state index contributed by atoms with van der Waals surface area (Å²) in [5, 5.41) is 2.97. The number of halogens is 1. The van der Waals surface area contributed by atoms with Gasteiger partial charge in [0.1, 0.15) is 6.17 Å². The van der Waals surface area contributed by atoms with Crippen molar-refractivity contribution in [2.24, 2.45) is 0 Å². The molecule has 1 aliphatic carbocycles. The molecule has 1 aromatic carbocycles. The van der Waals surface area contributed by atoms with Crippen LogP contribution < -0.4 is 10.0 Å². The second kappa shape index (κ2) is 8.11. The Balaban J connectivity index is 1.61. The van der Waals surface area contributed by atoms with Crippen LogP contribution in [-0.4, -0.2) is 32.9 Å². The highest BCUT2D eigenvalue weighted by molar-refractivity contribution is 7.90. The van der Waals surface area contributed by atoms with E-state index in [1.807, 2.05) is 18.2 Å². The van der Waals surface area contributed by atoms with Gasteiger partial charge >= 0.3 is 0 Å². The fourth-order valence-corrected chi connectivity index (χ4v) is 3.48. The normalized spacial score (nSPS) is 17.5. The molecule has 1 aliphatic rings. The maximum Gasteiger partial charge on any atom is 0.213 e. The van der Waals surface area contributed by atoms with E-state index >= 15 is 0 Å². The maximum atomic E-state index is 13.3. The number of unbranched alkanes of at least 4 members (excludes halogenated alkanes) is 2. The standard InChI is InChI=1S/C17H27FN2O2S/c1-13(2)23(21,22)20-9-5-3-4-8-19-17-7-6-14-10-16(18)11-15(14)12-17/h6-7,12-13,16,19-20H,3-5,8-11H2,1-2H3. The van der Waals surface area contributed by atoms with Gasteiger partial charge in [-0.05, 0) is 49.9 Å². The van der Waals surface area contributed by atoms with Crippen molar-refractivity contribution in [3.8, 4) is 0 Å². The SMILES string of the molecule is CC(C)S(=O)(=O)NCCCCCNc1ccc2c(c1)CC(F)C2. The van der Waals surface area contributed by atoms with Gasteiger partial charge in [-0.25, -0.2) is 17.5 Å². The molecule has 1 unspecified atom stereocenters. The van der Waals surface area contributed by atoms with Crippen molar-refractivity contribution in [2.45, 2.75) is 57.4 Å². The Morgan fingerprint density at radius 2 is 1.83 bits per heavy atom. The van der Waals surface area contributed by atoms with Crippen molar-refractivity contribution in [1.29, 1.82) is 0 Å². The molecule has 23 heavy (non-hydrogen) atoms. The Morgan fingerprint density at radius 1 is 1.13 bits per heavy atom. The molecule has 2 N–H and O–H groups in total. The van der Waals surface area contributed by atoms with Crippen molar-refractivity contribution < 1.29 is 12.8 Å². The molecule has 1 atom stereocenters. The van der Waals surface area contributed by atoms with Crippen LogP contribution in [0.2, 0.25) is 0 Å². The van der Waals surface area contributed by atoms with Gasteiger partial charge in [-0.1, -0.05) is 12.5 Å². The highest BCUT2D eigenvalue weighted by Gasteiger charge is 2.20. The van der Waals surface area contributed by atoms with Crippen LogP contribution in [0.3, 0.4) is 0 Å². The van der Waals surface area contributed by atoms with Crippen molar-refractivity contribution in [3.05, 3.63) is 29.3 Å². The van der Waals surface area contributed by atoms with Crippen LogP contribution in [0.25, 0.3) is 0 Å². The Kier molecular flexibility index (Phi) is 6.41. The van der Waals surface area contributed by atoms with Crippen LogP contribution in [0.4, 0.5) is 10.1 Å². The van der Waals surface area contributed by atoms with Gasteiger partial charge in [0.15, 0.2) is 0 Å². The third-order valence-corrected chi connectivity index (χ3v) is 6.04. The fourth-order valence-electron chi connectivity index (χ4n) is 2.72. The predicted molar refractivity (Wildman–Crippen MR) is 93.1 cm³/mol. The van der Waals surface area contributed by atoms with E-state index in [-0.39, 0.29) is 5.25 Å². The average molecular weight is 342 g/mol. The first kappa shape index (κ1) is 18.2. The number of anilines is 1. The molecule has 0 heterocycles. The summed E-state index contributed by atoms with van der Waals surface area (Å²) in [6.07, 6.45) is 3.12. The first-order valence-corrected chi connectivity index (χ1v) is 9.91. The molecule has 0 saturated carbocycles. The zero-order valence-electron chi connectivity index (χ0n) is 13.9. The average Bonchev–Trinajstić information content (AvgIpc) is 2.85. The van der Waals surface area contributed by atoms with Crippen LogP contribution in [-0.2, 0) is 22.9 Å². The number of rotatable bonds is 9. The largest absolute Gasteiger partial charge is 0.385 e. The Morgan fingerprint density at radius 3 is 2.57 bits per heavy atom. The lowest BCUT2D eigenvalue weighted by Gasteiger charge is -2.10. The minimum atomic E-state index is -3.14. The van der Waals surface area contributed by atoms with E-state index in [1.54, 1.807) is 13.8 Å². The molecule has 0 fully saturated rings. The van der Waals surface area contributed by atoms with E-state index in [9.17, 15) is 12.8 Å². The lowest BCUT2D eigenvalue weighted by Crippen LogP contribution is -2.31. The van der Waals surface area contributed by atoms with E-state index in [2.05, 4.69) is 10.0 Å². The zero-order chi connectivity index (χ0) is 16.9. The second-order valence-corrected chi connectivity index (χ2v) is 8.79. The molecular formula is C17H27FN2O2S. The minimum Gasteiger partial charge on any atom is -0.385 e. The maximum absolute atomic E-state index is 13.3. The Bertz CT molecular complexity index is 617. The smallest absolute Gasteiger partial charge is 0.213 e. The molecular weight excluding hydrogens is 315 g/mol. The van der Waals surface area contributed by atoms with Crippen LogP contribution in [0.5, 0.6) is 0 Å². The molecule has 0 amide bonds. The van der Waals surface area contributed by atoms with Crippen LogP contribution in [0, 0.1) is 0 Å². The molecule has 130 valence electrons. The number of fused-ring (bicyclic) bond motifs is 1. The zero-order valence-corrected chi connectivity index (χ0v) is 14.8. The van der Waals surface area contributed by atoms with Crippen molar-refractivity contribution in [1.82, 2.24) is 4.72 Å². The molecule has 4 nitrogen and oxygen atoms in total. The Hall–Kier alpha value is -1.14. The van der Waals surface area contributed by atoms with Crippen LogP contribution in [0.1, 0.15) is 44.2 Å². The number of hydrogen-bond donors (Lipinski definition) is 2. The van der Waals surface area contributed by atoms with E-state index < -0.39 is 16.2 Å². The highest BCUT2D eigenvalue weighted by Crippen LogP contribution is 2.26.